The molecule has 0 radical (unpaired) electrons. The van der Waals surface area contributed by atoms with Crippen LogP contribution in [0.1, 0.15) is 72.5 Å². The zero-order chi connectivity index (χ0) is 32.4. The highest BCUT2D eigenvalue weighted by Crippen LogP contribution is 2.40. The molecule has 1 saturated carbocycles. The van der Waals surface area contributed by atoms with Crippen LogP contribution >= 0.6 is 0 Å². The Bertz CT molecular complexity index is 1640. The van der Waals surface area contributed by atoms with Crippen molar-refractivity contribution >= 4 is 17.1 Å². The third kappa shape index (κ3) is 8.42. The van der Waals surface area contributed by atoms with E-state index in [2.05, 4.69) is 18.3 Å². The van der Waals surface area contributed by atoms with Crippen LogP contribution in [0.2, 0.25) is 0 Å². The molecule has 0 saturated heterocycles. The van der Waals surface area contributed by atoms with Crippen molar-refractivity contribution in [3.63, 3.8) is 0 Å². The number of hydrogen-bond donors (Lipinski definition) is 2. The van der Waals surface area contributed by atoms with E-state index in [0.29, 0.717) is 23.6 Å². The molecule has 0 bridgehead atoms. The molecule has 2 N–H and O–H groups in total. The number of nitrogens with one attached hydrogen (secondary N) is 1. The van der Waals surface area contributed by atoms with Crippen LogP contribution < -0.4 is 24.3 Å². The number of rotatable bonds is 13. The first kappa shape index (κ1) is 32.4. The van der Waals surface area contributed by atoms with Gasteiger partial charge in [-0.2, -0.15) is 0 Å². The molecule has 7 nitrogen and oxygen atoms in total. The largest absolute Gasteiger partial charge is 0.491 e. The number of aliphatic hydroxyl groups is 1. The van der Waals surface area contributed by atoms with Gasteiger partial charge in [-0.15, -0.1) is 0 Å². The normalized spacial score (nSPS) is 15.5. The molecule has 0 aromatic heterocycles. The minimum atomic E-state index is -0.582. The van der Waals surface area contributed by atoms with Crippen LogP contribution in [0.25, 0.3) is 11.1 Å². The summed E-state index contributed by atoms with van der Waals surface area (Å²) in [5, 5.41) is 14.0. The molecule has 4 aromatic rings. The van der Waals surface area contributed by atoms with Crippen molar-refractivity contribution in [3.05, 3.63) is 119 Å². The first-order chi connectivity index (χ1) is 23.1. The van der Waals surface area contributed by atoms with Gasteiger partial charge in [-0.05, 0) is 108 Å². The van der Waals surface area contributed by atoms with E-state index in [1.807, 2.05) is 78.9 Å². The summed E-state index contributed by atoms with van der Waals surface area (Å²) >= 11 is 0. The fourth-order valence-electron chi connectivity index (χ4n) is 6.37. The van der Waals surface area contributed by atoms with Gasteiger partial charge < -0.3 is 29.4 Å². The quantitative estimate of drug-likeness (QED) is 0.0879. The van der Waals surface area contributed by atoms with Crippen molar-refractivity contribution in [2.45, 2.75) is 51.6 Å². The molecule has 0 spiro atoms. The molecule has 1 aliphatic carbocycles. The first-order valence-electron chi connectivity index (χ1n) is 16.7. The number of hydrogen-bond acceptors (Lipinski definition) is 7. The molecule has 0 amide bonds. The highest BCUT2D eigenvalue weighted by Gasteiger charge is 2.19. The van der Waals surface area contributed by atoms with Gasteiger partial charge in [-0.1, -0.05) is 74.7 Å². The minimum Gasteiger partial charge on any atom is -0.491 e. The fourth-order valence-corrected chi connectivity index (χ4v) is 6.37. The summed E-state index contributed by atoms with van der Waals surface area (Å²) in [7, 11) is 0. The van der Waals surface area contributed by atoms with Crippen molar-refractivity contribution in [2.75, 3.05) is 26.5 Å². The van der Waals surface area contributed by atoms with E-state index in [0.717, 1.165) is 58.2 Å². The van der Waals surface area contributed by atoms with E-state index in [4.69, 9.17) is 18.9 Å². The van der Waals surface area contributed by atoms with E-state index < -0.39 is 12.1 Å². The molecule has 2 aliphatic rings. The molecule has 7 heteroatoms. The maximum Gasteiger partial charge on any atom is 0.343 e. The van der Waals surface area contributed by atoms with Crippen molar-refractivity contribution in [2.24, 2.45) is 5.92 Å². The number of allylic oxidation sites excluding steroid dienone is 1. The predicted octanol–water partition coefficient (Wildman–Crippen LogP) is 7.91. The van der Waals surface area contributed by atoms with E-state index in [1.165, 1.54) is 32.1 Å². The number of fused-ring (bicyclic) bond motifs is 1. The SMILES string of the molecule is CC/C(=C(/c1ccc(OCC(O)CNCC2CCCCC2)cc1)c1ccc(OC(=O)c2ccccc2)cc1)c1ccc2c(c1)OCO2. The Morgan fingerprint density at radius 3 is 2.17 bits per heavy atom. The van der Waals surface area contributed by atoms with Crippen LogP contribution in [0.3, 0.4) is 0 Å². The molecule has 47 heavy (non-hydrogen) atoms. The lowest BCUT2D eigenvalue weighted by Gasteiger charge is -2.22. The zero-order valence-electron chi connectivity index (χ0n) is 27.0. The topological polar surface area (TPSA) is 86.2 Å². The number of esters is 1. The summed E-state index contributed by atoms with van der Waals surface area (Å²) in [5.41, 5.74) is 5.70. The molecule has 4 aromatic carbocycles. The lowest BCUT2D eigenvalue weighted by Crippen LogP contribution is -2.34. The lowest BCUT2D eigenvalue weighted by atomic mass is 9.88. The maximum atomic E-state index is 12.6. The lowest BCUT2D eigenvalue weighted by molar-refractivity contribution is 0.0734. The van der Waals surface area contributed by atoms with Gasteiger partial charge in [0.15, 0.2) is 11.5 Å². The number of benzene rings is 4. The van der Waals surface area contributed by atoms with E-state index in [-0.39, 0.29) is 13.4 Å². The van der Waals surface area contributed by atoms with Gasteiger partial charge in [-0.25, -0.2) is 4.79 Å². The summed E-state index contributed by atoms with van der Waals surface area (Å²) in [6, 6.07) is 30.6. The third-order valence-electron chi connectivity index (χ3n) is 8.86. The number of ether oxygens (including phenoxy) is 4. The second-order valence-corrected chi connectivity index (χ2v) is 12.2. The van der Waals surface area contributed by atoms with Crippen LogP contribution in [0.15, 0.2) is 97.1 Å². The Balaban J connectivity index is 1.20. The van der Waals surface area contributed by atoms with Gasteiger partial charge in [0.25, 0.3) is 0 Å². The molecule has 1 fully saturated rings. The Labute approximate surface area is 277 Å². The Morgan fingerprint density at radius 2 is 1.47 bits per heavy atom. The monoisotopic (exact) mass is 633 g/mol. The van der Waals surface area contributed by atoms with Crippen LogP contribution in [0.4, 0.5) is 0 Å². The first-order valence-corrected chi connectivity index (χ1v) is 16.7. The van der Waals surface area contributed by atoms with Gasteiger partial charge in [0, 0.05) is 6.54 Å². The van der Waals surface area contributed by atoms with Gasteiger partial charge in [0.2, 0.25) is 6.79 Å². The average Bonchev–Trinajstić information content (AvgIpc) is 3.59. The second-order valence-electron chi connectivity index (χ2n) is 12.2. The summed E-state index contributed by atoms with van der Waals surface area (Å²) < 4.78 is 22.9. The molecular formula is C40H43NO6. The molecule has 1 aliphatic heterocycles. The van der Waals surface area contributed by atoms with Crippen molar-refractivity contribution in [3.8, 4) is 23.0 Å². The Morgan fingerprint density at radius 1 is 0.809 bits per heavy atom. The number of carbonyl (C=O) groups is 1. The maximum absolute atomic E-state index is 12.6. The van der Waals surface area contributed by atoms with Gasteiger partial charge in [0.05, 0.1) is 5.56 Å². The number of carbonyl (C=O) groups excluding carboxylic acids is 1. The van der Waals surface area contributed by atoms with E-state index in [9.17, 15) is 9.90 Å². The number of aliphatic hydroxyl groups excluding tert-OH is 1. The van der Waals surface area contributed by atoms with Crippen LogP contribution in [-0.2, 0) is 0 Å². The van der Waals surface area contributed by atoms with Crippen LogP contribution in [-0.4, -0.2) is 43.7 Å². The third-order valence-corrected chi connectivity index (χ3v) is 8.86. The Kier molecular flexibility index (Phi) is 10.9. The Hall–Kier alpha value is -4.59. The summed E-state index contributed by atoms with van der Waals surface area (Å²) in [6.45, 7) is 4.05. The van der Waals surface area contributed by atoms with Crippen LogP contribution in [0.5, 0.6) is 23.0 Å². The summed E-state index contributed by atoms with van der Waals surface area (Å²) in [4.78, 5) is 12.6. The van der Waals surface area contributed by atoms with E-state index >= 15 is 0 Å². The predicted molar refractivity (Wildman–Crippen MR) is 184 cm³/mol. The average molecular weight is 634 g/mol. The fraction of sp³-hybridized carbons (Fsp3) is 0.325. The molecule has 1 heterocycles. The molecule has 244 valence electrons. The second kappa shape index (κ2) is 15.8. The highest BCUT2D eigenvalue weighted by molar-refractivity contribution is 5.99. The van der Waals surface area contributed by atoms with Crippen molar-refractivity contribution < 1.29 is 28.8 Å². The molecule has 1 unspecified atom stereocenters. The van der Waals surface area contributed by atoms with Gasteiger partial charge >= 0.3 is 5.97 Å². The molecule has 1 atom stereocenters. The highest BCUT2D eigenvalue weighted by atomic mass is 16.7. The molecule has 6 rings (SSSR count). The van der Waals surface area contributed by atoms with Crippen molar-refractivity contribution in [1.29, 1.82) is 0 Å². The smallest absolute Gasteiger partial charge is 0.343 e. The summed E-state index contributed by atoms with van der Waals surface area (Å²) in [6.07, 6.45) is 6.72. The zero-order valence-corrected chi connectivity index (χ0v) is 27.0. The standard InChI is InChI=1S/C40H43NO6/c1-2-36(32-17-22-37-38(23-32)46-27-45-37)39(30-15-20-35(21-16-30)47-40(43)31-11-7-4-8-12-31)29-13-18-34(19-14-29)44-26-33(42)25-41-24-28-9-5-3-6-10-28/h4,7-8,11-23,28,33,41-42H,2-3,5-6,9-10,24-27H2,1H3/b39-36+. The van der Waals surface area contributed by atoms with Gasteiger partial charge in [-0.3, -0.25) is 0 Å². The van der Waals surface area contributed by atoms with Crippen LogP contribution in [0, 0.1) is 5.92 Å². The van der Waals surface area contributed by atoms with Gasteiger partial charge in [0.1, 0.15) is 24.2 Å². The van der Waals surface area contributed by atoms with Crippen molar-refractivity contribution in [1.82, 2.24) is 5.32 Å². The summed E-state index contributed by atoms with van der Waals surface area (Å²) in [5.74, 6) is 2.96. The molecular weight excluding hydrogens is 590 g/mol. The minimum absolute atomic E-state index is 0.215. The van der Waals surface area contributed by atoms with E-state index in [1.54, 1.807) is 12.1 Å².